The molecule has 0 N–H and O–H groups in total. The number of hydrogen-bond acceptors (Lipinski definition) is 0. The van der Waals surface area contributed by atoms with E-state index in [4.69, 9.17) is 0 Å². The number of rotatable bonds is 4. The van der Waals surface area contributed by atoms with Gasteiger partial charge in [0.1, 0.15) is 0 Å². The van der Waals surface area contributed by atoms with E-state index < -0.39 is 0 Å². The highest BCUT2D eigenvalue weighted by molar-refractivity contribution is 5.97. The molecule has 0 heteroatoms. The van der Waals surface area contributed by atoms with E-state index in [1.165, 1.54) is 44.5 Å². The first-order chi connectivity index (χ1) is 14.8. The van der Waals surface area contributed by atoms with Crippen molar-refractivity contribution in [1.82, 2.24) is 0 Å². The average molecular weight is 385 g/mol. The first kappa shape index (κ1) is 18.4. The Balaban J connectivity index is 1.47. The fourth-order valence-corrected chi connectivity index (χ4v) is 4.44. The molecular weight excluding hydrogens is 360 g/mol. The highest BCUT2D eigenvalue weighted by atomic mass is 14.3. The SMILES string of the molecule is C=C1C(=Cc2ccc(Cc3ccccc3)cc2)c2ccccc2C1c1ccccc1. The molecule has 1 aliphatic carbocycles. The molecule has 1 atom stereocenters. The Morgan fingerprint density at radius 1 is 0.633 bits per heavy atom. The molecule has 0 nitrogen and oxygen atoms in total. The summed E-state index contributed by atoms with van der Waals surface area (Å²) in [4.78, 5) is 0. The minimum atomic E-state index is 0.228. The molecule has 0 aliphatic heterocycles. The predicted molar refractivity (Wildman–Crippen MR) is 127 cm³/mol. The van der Waals surface area contributed by atoms with E-state index in [1.807, 2.05) is 0 Å². The van der Waals surface area contributed by atoms with Gasteiger partial charge >= 0.3 is 0 Å². The molecule has 30 heavy (non-hydrogen) atoms. The predicted octanol–water partition coefficient (Wildman–Crippen LogP) is 7.52. The lowest BCUT2D eigenvalue weighted by Crippen LogP contribution is -1.97. The minimum absolute atomic E-state index is 0.228. The molecule has 0 aromatic heterocycles. The first-order valence-corrected chi connectivity index (χ1v) is 10.5. The molecule has 1 aliphatic rings. The van der Waals surface area contributed by atoms with Crippen molar-refractivity contribution >= 4 is 11.6 Å². The largest absolute Gasteiger partial charge is 0.0942 e. The van der Waals surface area contributed by atoms with Gasteiger partial charge in [-0.3, -0.25) is 0 Å². The quantitative estimate of drug-likeness (QED) is 0.341. The van der Waals surface area contributed by atoms with Crippen LogP contribution in [0.5, 0.6) is 0 Å². The maximum absolute atomic E-state index is 4.51. The Morgan fingerprint density at radius 2 is 1.23 bits per heavy atom. The average Bonchev–Trinajstić information content (AvgIpc) is 3.08. The van der Waals surface area contributed by atoms with Gasteiger partial charge in [0.15, 0.2) is 0 Å². The van der Waals surface area contributed by atoms with Crippen LogP contribution in [0, 0.1) is 0 Å². The molecule has 0 spiro atoms. The van der Waals surface area contributed by atoms with Crippen molar-refractivity contribution < 1.29 is 0 Å². The van der Waals surface area contributed by atoms with Crippen LogP contribution in [0.3, 0.4) is 0 Å². The van der Waals surface area contributed by atoms with Crippen LogP contribution in [0.1, 0.15) is 39.3 Å². The summed E-state index contributed by atoms with van der Waals surface area (Å²) in [6.45, 7) is 4.51. The Labute approximate surface area is 178 Å². The summed E-state index contributed by atoms with van der Waals surface area (Å²) >= 11 is 0. The third-order valence-electron chi connectivity index (χ3n) is 5.93. The molecule has 144 valence electrons. The van der Waals surface area contributed by atoms with Gasteiger partial charge in [-0.15, -0.1) is 0 Å². The van der Waals surface area contributed by atoms with E-state index in [2.05, 4.69) is 122 Å². The molecule has 0 radical (unpaired) electrons. The fourth-order valence-electron chi connectivity index (χ4n) is 4.44. The molecule has 1 unspecified atom stereocenters. The zero-order valence-corrected chi connectivity index (χ0v) is 17.0. The second kappa shape index (κ2) is 8.00. The molecule has 0 saturated carbocycles. The maximum Gasteiger partial charge on any atom is 0.0346 e. The van der Waals surface area contributed by atoms with E-state index >= 15 is 0 Å². The van der Waals surface area contributed by atoms with E-state index in [-0.39, 0.29) is 5.92 Å². The fraction of sp³-hybridized carbons (Fsp3) is 0.0667. The van der Waals surface area contributed by atoms with Crippen molar-refractivity contribution in [2.75, 3.05) is 0 Å². The Kier molecular flexibility index (Phi) is 4.91. The zero-order chi connectivity index (χ0) is 20.3. The van der Waals surface area contributed by atoms with Crippen molar-refractivity contribution in [3.8, 4) is 0 Å². The van der Waals surface area contributed by atoms with Crippen LogP contribution < -0.4 is 0 Å². The van der Waals surface area contributed by atoms with Gasteiger partial charge in [-0.2, -0.15) is 0 Å². The van der Waals surface area contributed by atoms with Gasteiger partial charge in [-0.05, 0) is 57.0 Å². The summed E-state index contributed by atoms with van der Waals surface area (Å²) in [5, 5.41) is 0. The smallest absolute Gasteiger partial charge is 0.0346 e. The minimum Gasteiger partial charge on any atom is -0.0942 e. The van der Waals surface area contributed by atoms with Crippen molar-refractivity contribution in [3.05, 3.63) is 155 Å². The molecule has 0 saturated heterocycles. The van der Waals surface area contributed by atoms with Crippen molar-refractivity contribution in [3.63, 3.8) is 0 Å². The summed E-state index contributed by atoms with van der Waals surface area (Å²) in [7, 11) is 0. The Hall–Kier alpha value is -3.64. The van der Waals surface area contributed by atoms with Crippen LogP contribution in [0.4, 0.5) is 0 Å². The van der Waals surface area contributed by atoms with E-state index in [0.29, 0.717) is 0 Å². The number of hydrogen-bond donors (Lipinski definition) is 0. The highest BCUT2D eigenvalue weighted by Gasteiger charge is 2.30. The highest BCUT2D eigenvalue weighted by Crippen LogP contribution is 2.48. The molecule has 0 fully saturated rings. The van der Waals surface area contributed by atoms with Gasteiger partial charge < -0.3 is 0 Å². The molecule has 4 aromatic carbocycles. The molecule has 0 heterocycles. The summed E-state index contributed by atoms with van der Waals surface area (Å²) in [5.41, 5.74) is 10.3. The van der Waals surface area contributed by atoms with Crippen LogP contribution in [0.15, 0.2) is 121 Å². The van der Waals surface area contributed by atoms with Crippen molar-refractivity contribution in [2.24, 2.45) is 0 Å². The number of fused-ring (bicyclic) bond motifs is 1. The van der Waals surface area contributed by atoms with E-state index in [0.717, 1.165) is 6.42 Å². The first-order valence-electron chi connectivity index (χ1n) is 10.5. The van der Waals surface area contributed by atoms with Gasteiger partial charge in [0.2, 0.25) is 0 Å². The van der Waals surface area contributed by atoms with Gasteiger partial charge in [-0.1, -0.05) is 116 Å². The summed E-state index contributed by atoms with van der Waals surface area (Å²) < 4.78 is 0. The van der Waals surface area contributed by atoms with Crippen LogP contribution in [-0.4, -0.2) is 0 Å². The maximum atomic E-state index is 4.51. The lowest BCUT2D eigenvalue weighted by Gasteiger charge is -2.13. The Morgan fingerprint density at radius 3 is 1.97 bits per heavy atom. The number of benzene rings is 4. The molecule has 0 bridgehead atoms. The van der Waals surface area contributed by atoms with Crippen molar-refractivity contribution in [1.29, 1.82) is 0 Å². The second-order valence-corrected chi connectivity index (χ2v) is 7.92. The normalized spacial score (nSPS) is 16.6. The Bertz CT molecular complexity index is 1200. The monoisotopic (exact) mass is 384 g/mol. The van der Waals surface area contributed by atoms with Gasteiger partial charge in [0, 0.05) is 5.92 Å². The van der Waals surface area contributed by atoms with Gasteiger partial charge in [0.25, 0.3) is 0 Å². The second-order valence-electron chi connectivity index (χ2n) is 7.92. The summed E-state index contributed by atoms with van der Waals surface area (Å²) in [6.07, 6.45) is 3.25. The molecule has 5 rings (SSSR count). The lowest BCUT2D eigenvalue weighted by atomic mass is 9.90. The topological polar surface area (TPSA) is 0 Å². The third kappa shape index (κ3) is 3.53. The van der Waals surface area contributed by atoms with Crippen molar-refractivity contribution in [2.45, 2.75) is 12.3 Å². The zero-order valence-electron chi connectivity index (χ0n) is 17.0. The molecule has 0 amide bonds. The van der Waals surface area contributed by atoms with Crippen LogP contribution >= 0.6 is 0 Å². The summed E-state index contributed by atoms with van der Waals surface area (Å²) in [6, 6.07) is 38.9. The third-order valence-corrected chi connectivity index (χ3v) is 5.93. The van der Waals surface area contributed by atoms with Crippen LogP contribution in [-0.2, 0) is 6.42 Å². The van der Waals surface area contributed by atoms with E-state index in [1.54, 1.807) is 0 Å². The van der Waals surface area contributed by atoms with Gasteiger partial charge in [0.05, 0.1) is 0 Å². The molecule has 4 aromatic rings. The van der Waals surface area contributed by atoms with Crippen LogP contribution in [0.2, 0.25) is 0 Å². The lowest BCUT2D eigenvalue weighted by molar-refractivity contribution is 1.02. The van der Waals surface area contributed by atoms with E-state index in [9.17, 15) is 0 Å². The standard InChI is InChI=1S/C30H24/c1-22-29(21-25-18-16-24(17-19-25)20-23-10-4-2-5-11-23)27-14-8-9-15-28(27)30(22)26-12-6-3-7-13-26/h2-19,21,30H,1,20H2. The van der Waals surface area contributed by atoms with Gasteiger partial charge in [-0.25, -0.2) is 0 Å². The summed E-state index contributed by atoms with van der Waals surface area (Å²) in [5.74, 6) is 0.228. The molecular formula is C30H24. The van der Waals surface area contributed by atoms with Crippen LogP contribution in [0.25, 0.3) is 11.6 Å². The number of allylic oxidation sites excluding steroid dienone is 2.